The summed E-state index contributed by atoms with van der Waals surface area (Å²) in [5, 5.41) is 4.60. The molecule has 0 radical (unpaired) electrons. The van der Waals surface area contributed by atoms with Crippen molar-refractivity contribution in [3.63, 3.8) is 0 Å². The van der Waals surface area contributed by atoms with Crippen LogP contribution < -0.4 is 21.1 Å². The van der Waals surface area contributed by atoms with Crippen LogP contribution in [0.2, 0.25) is 0 Å². The van der Waals surface area contributed by atoms with Gasteiger partial charge in [-0.2, -0.15) is 5.10 Å². The van der Waals surface area contributed by atoms with Gasteiger partial charge in [-0.15, -0.1) is 11.3 Å². The predicted octanol–water partition coefficient (Wildman–Crippen LogP) is 2.29. The monoisotopic (exact) mass is 455 g/mol. The molecule has 0 aliphatic carbocycles. The molecule has 3 aromatic rings. The molecule has 2 heterocycles. The molecule has 0 saturated heterocycles. The number of carbonyl (C=O) groups is 2. The lowest BCUT2D eigenvalue weighted by atomic mass is 10.1. The van der Waals surface area contributed by atoms with Gasteiger partial charge < -0.3 is 4.74 Å². The van der Waals surface area contributed by atoms with Crippen molar-refractivity contribution >= 4 is 23.2 Å². The summed E-state index contributed by atoms with van der Waals surface area (Å²) in [6, 6.07) is 5.71. The molecule has 0 aliphatic heterocycles. The van der Waals surface area contributed by atoms with E-state index in [-0.39, 0.29) is 12.2 Å². The molecule has 2 N–H and O–H groups in total. The first-order chi connectivity index (χ1) is 15.1. The SMILES string of the molecule is Cc1ccc(C)c(OCC(=O)NNC(=O)c2sc(-c3c(C)c(C)nn(C)c3=O)nc2C)c1. The summed E-state index contributed by atoms with van der Waals surface area (Å²) < 4.78 is 6.79. The van der Waals surface area contributed by atoms with Crippen LogP contribution in [0.5, 0.6) is 5.75 Å². The summed E-state index contributed by atoms with van der Waals surface area (Å²) in [4.78, 5) is 42.0. The van der Waals surface area contributed by atoms with E-state index in [0.29, 0.717) is 38.1 Å². The third-order valence-electron chi connectivity index (χ3n) is 4.96. The Morgan fingerprint density at radius 3 is 2.53 bits per heavy atom. The molecule has 0 spiro atoms. The Kier molecular flexibility index (Phi) is 6.73. The quantitative estimate of drug-likeness (QED) is 0.571. The highest BCUT2D eigenvalue weighted by atomic mass is 32.1. The van der Waals surface area contributed by atoms with Crippen LogP contribution in [0.25, 0.3) is 10.6 Å². The number of hydrogen-bond acceptors (Lipinski definition) is 7. The van der Waals surface area contributed by atoms with Gasteiger partial charge in [0.05, 0.1) is 17.0 Å². The number of ether oxygens (including phenoxy) is 1. The molecule has 1 aromatic carbocycles. The highest BCUT2D eigenvalue weighted by Crippen LogP contribution is 2.28. The summed E-state index contributed by atoms with van der Waals surface area (Å²) in [6.45, 7) is 8.85. The number of hydrazine groups is 1. The zero-order valence-corrected chi connectivity index (χ0v) is 19.6. The summed E-state index contributed by atoms with van der Waals surface area (Å²) in [7, 11) is 1.57. The molecule has 2 aromatic heterocycles. The minimum Gasteiger partial charge on any atom is -0.483 e. The second kappa shape index (κ2) is 9.31. The molecular weight excluding hydrogens is 430 g/mol. The average molecular weight is 456 g/mol. The van der Waals surface area contributed by atoms with Crippen LogP contribution in [0.1, 0.15) is 37.7 Å². The highest BCUT2D eigenvalue weighted by molar-refractivity contribution is 7.17. The Hall–Kier alpha value is -3.53. The van der Waals surface area contributed by atoms with Crippen LogP contribution in [-0.2, 0) is 11.8 Å². The smallest absolute Gasteiger partial charge is 0.281 e. The number of aryl methyl sites for hydroxylation is 5. The van der Waals surface area contributed by atoms with Crippen molar-refractivity contribution < 1.29 is 14.3 Å². The van der Waals surface area contributed by atoms with Gasteiger partial charge in [0.25, 0.3) is 17.4 Å². The lowest BCUT2D eigenvalue weighted by Gasteiger charge is -2.10. The first kappa shape index (κ1) is 23.1. The molecule has 0 atom stereocenters. The zero-order chi connectivity index (χ0) is 23.6. The van der Waals surface area contributed by atoms with Crippen molar-refractivity contribution in [3.8, 4) is 16.3 Å². The average Bonchev–Trinajstić information content (AvgIpc) is 3.12. The summed E-state index contributed by atoms with van der Waals surface area (Å²) in [5.74, 6) is -0.415. The Morgan fingerprint density at radius 1 is 1.09 bits per heavy atom. The van der Waals surface area contributed by atoms with Crippen molar-refractivity contribution in [1.82, 2.24) is 25.6 Å². The zero-order valence-electron chi connectivity index (χ0n) is 18.8. The lowest BCUT2D eigenvalue weighted by Crippen LogP contribution is -2.43. The molecule has 168 valence electrons. The number of nitrogens with one attached hydrogen (secondary N) is 2. The largest absolute Gasteiger partial charge is 0.483 e. The van der Waals surface area contributed by atoms with Crippen molar-refractivity contribution in [2.75, 3.05) is 6.61 Å². The van der Waals surface area contributed by atoms with Crippen molar-refractivity contribution in [3.05, 3.63) is 61.5 Å². The van der Waals surface area contributed by atoms with Crippen LogP contribution >= 0.6 is 11.3 Å². The maximum Gasteiger partial charge on any atom is 0.281 e. The molecule has 9 nitrogen and oxygen atoms in total. The molecule has 0 saturated carbocycles. The van der Waals surface area contributed by atoms with Crippen LogP contribution in [0, 0.1) is 34.6 Å². The molecule has 0 aliphatic rings. The molecule has 3 rings (SSSR count). The first-order valence-electron chi connectivity index (χ1n) is 9.90. The van der Waals surface area contributed by atoms with E-state index in [9.17, 15) is 14.4 Å². The Bertz CT molecular complexity index is 1260. The lowest BCUT2D eigenvalue weighted by molar-refractivity contribution is -0.123. The number of hydrogen-bond donors (Lipinski definition) is 2. The number of carbonyl (C=O) groups excluding carboxylic acids is 2. The van der Waals surface area contributed by atoms with Gasteiger partial charge in [0, 0.05) is 7.05 Å². The van der Waals surface area contributed by atoms with Crippen molar-refractivity contribution in [2.24, 2.45) is 7.05 Å². The second-order valence-electron chi connectivity index (χ2n) is 7.51. The van der Waals surface area contributed by atoms with Gasteiger partial charge in [-0.25, -0.2) is 9.67 Å². The number of aromatic nitrogens is 3. The van der Waals surface area contributed by atoms with Crippen LogP contribution in [0.4, 0.5) is 0 Å². The van der Waals surface area contributed by atoms with E-state index in [1.165, 1.54) is 4.68 Å². The van der Waals surface area contributed by atoms with Gasteiger partial charge >= 0.3 is 0 Å². The van der Waals surface area contributed by atoms with E-state index in [1.807, 2.05) is 39.0 Å². The molecule has 10 heteroatoms. The third-order valence-corrected chi connectivity index (χ3v) is 6.13. The Morgan fingerprint density at radius 2 is 1.81 bits per heavy atom. The topological polar surface area (TPSA) is 115 Å². The number of nitrogens with zero attached hydrogens (tertiary/aromatic N) is 3. The van der Waals surface area contributed by atoms with Gasteiger partial charge in [-0.05, 0) is 57.4 Å². The highest BCUT2D eigenvalue weighted by Gasteiger charge is 2.21. The van der Waals surface area contributed by atoms with E-state index in [2.05, 4.69) is 20.9 Å². The van der Waals surface area contributed by atoms with Gasteiger partial charge in [0.15, 0.2) is 6.61 Å². The fraction of sp³-hybridized carbons (Fsp3) is 0.318. The van der Waals surface area contributed by atoms with Crippen LogP contribution in [-0.4, -0.2) is 33.2 Å². The van der Waals surface area contributed by atoms with Gasteiger partial charge in [-0.3, -0.25) is 25.2 Å². The maximum absolute atomic E-state index is 12.6. The summed E-state index contributed by atoms with van der Waals surface area (Å²) >= 11 is 1.09. The summed E-state index contributed by atoms with van der Waals surface area (Å²) in [6.07, 6.45) is 0. The van der Waals surface area contributed by atoms with E-state index in [4.69, 9.17) is 4.74 Å². The first-order valence-corrected chi connectivity index (χ1v) is 10.7. The fourth-order valence-electron chi connectivity index (χ4n) is 3.04. The number of benzene rings is 1. The molecule has 0 fully saturated rings. The van der Waals surface area contributed by atoms with Crippen LogP contribution in [0.15, 0.2) is 23.0 Å². The van der Waals surface area contributed by atoms with E-state index >= 15 is 0 Å². The third kappa shape index (κ3) is 4.86. The van der Waals surface area contributed by atoms with E-state index < -0.39 is 11.8 Å². The molecule has 32 heavy (non-hydrogen) atoms. The molecular formula is C22H25N5O4S. The Balaban J connectivity index is 1.68. The maximum atomic E-state index is 12.6. The minimum absolute atomic E-state index is 0.247. The van der Waals surface area contributed by atoms with Gasteiger partial charge in [0.1, 0.15) is 15.6 Å². The molecule has 0 bridgehead atoms. The van der Waals surface area contributed by atoms with Gasteiger partial charge in [0.2, 0.25) is 0 Å². The number of rotatable bonds is 5. The van der Waals surface area contributed by atoms with Gasteiger partial charge in [-0.1, -0.05) is 12.1 Å². The van der Waals surface area contributed by atoms with E-state index in [0.717, 1.165) is 22.5 Å². The van der Waals surface area contributed by atoms with Crippen molar-refractivity contribution in [1.29, 1.82) is 0 Å². The molecule has 2 amide bonds. The van der Waals surface area contributed by atoms with Crippen molar-refractivity contribution in [2.45, 2.75) is 34.6 Å². The summed E-state index contributed by atoms with van der Waals surface area (Å²) in [5.41, 5.74) is 8.65. The fourth-order valence-corrected chi connectivity index (χ4v) is 4.10. The number of amides is 2. The second-order valence-corrected chi connectivity index (χ2v) is 8.51. The van der Waals surface area contributed by atoms with Crippen LogP contribution in [0.3, 0.4) is 0 Å². The molecule has 0 unspecified atom stereocenters. The minimum atomic E-state index is -0.522. The normalized spacial score (nSPS) is 10.7. The Labute approximate surface area is 189 Å². The van der Waals surface area contributed by atoms with E-state index in [1.54, 1.807) is 20.9 Å². The standard InChI is InChI=1S/C22H25N5O4S/c1-11-7-8-12(2)16(9-11)31-10-17(28)24-25-20(29)19-15(5)23-21(32-19)18-13(3)14(4)26-27(6)22(18)30/h7-9H,10H2,1-6H3,(H,24,28)(H,25,29). The predicted molar refractivity (Wildman–Crippen MR) is 122 cm³/mol. The number of thiazole rings is 1.